The van der Waals surface area contributed by atoms with Crippen LogP contribution in [-0.2, 0) is 6.42 Å². The van der Waals surface area contributed by atoms with Gasteiger partial charge in [0.25, 0.3) is 0 Å². The Hall–Kier alpha value is -0.470. The summed E-state index contributed by atoms with van der Waals surface area (Å²) >= 11 is 5.94. The monoisotopic (exact) mass is 309 g/mol. The molecular formula is C8H3Br2F2N. The zero-order valence-electron chi connectivity index (χ0n) is 6.24. The van der Waals surface area contributed by atoms with Crippen LogP contribution in [0.5, 0.6) is 0 Å². The number of nitrogens with zero attached hydrogens (tertiary/aromatic N) is 1. The summed E-state index contributed by atoms with van der Waals surface area (Å²) in [7, 11) is 0. The molecule has 0 N–H and O–H groups in total. The Labute approximate surface area is 90.6 Å². The summed E-state index contributed by atoms with van der Waals surface area (Å²) in [6.07, 6.45) is -0.0920. The number of halogens is 4. The van der Waals surface area contributed by atoms with Gasteiger partial charge in [0.05, 0.1) is 17.0 Å². The van der Waals surface area contributed by atoms with E-state index >= 15 is 0 Å². The van der Waals surface area contributed by atoms with Gasteiger partial charge in [-0.05, 0) is 31.9 Å². The van der Waals surface area contributed by atoms with E-state index in [1.54, 1.807) is 6.07 Å². The smallest absolute Gasteiger partial charge is 0.141 e. The molecule has 0 aliphatic rings. The van der Waals surface area contributed by atoms with Crippen LogP contribution in [0.1, 0.15) is 5.56 Å². The van der Waals surface area contributed by atoms with Crippen LogP contribution in [0, 0.1) is 23.0 Å². The molecule has 0 saturated carbocycles. The molecular weight excluding hydrogens is 308 g/mol. The molecule has 0 aliphatic carbocycles. The summed E-state index contributed by atoms with van der Waals surface area (Å²) in [5, 5.41) is 8.38. The van der Waals surface area contributed by atoms with Gasteiger partial charge in [0.2, 0.25) is 0 Å². The zero-order chi connectivity index (χ0) is 10.0. The highest BCUT2D eigenvalue weighted by Gasteiger charge is 2.14. The Bertz CT molecular complexity index is 385. The highest BCUT2D eigenvalue weighted by atomic mass is 79.9. The van der Waals surface area contributed by atoms with Gasteiger partial charge in [0.1, 0.15) is 11.6 Å². The van der Waals surface area contributed by atoms with E-state index < -0.39 is 11.6 Å². The molecule has 0 radical (unpaired) electrons. The van der Waals surface area contributed by atoms with Crippen LogP contribution in [0.3, 0.4) is 0 Å². The lowest BCUT2D eigenvalue weighted by atomic mass is 10.1. The maximum atomic E-state index is 13.0. The van der Waals surface area contributed by atoms with Gasteiger partial charge in [-0.2, -0.15) is 5.26 Å². The van der Waals surface area contributed by atoms with E-state index in [-0.39, 0.29) is 20.9 Å². The molecule has 0 aromatic heterocycles. The van der Waals surface area contributed by atoms with Gasteiger partial charge < -0.3 is 0 Å². The SMILES string of the molecule is N#CCc1c(F)cc(F)c(Br)c1Br. The first kappa shape index (κ1) is 10.6. The Morgan fingerprint density at radius 3 is 2.38 bits per heavy atom. The minimum absolute atomic E-state index is 0.0920. The second-order valence-electron chi connectivity index (χ2n) is 2.28. The summed E-state index contributed by atoms with van der Waals surface area (Å²) in [5.41, 5.74) is 0.163. The van der Waals surface area contributed by atoms with Gasteiger partial charge in [0.15, 0.2) is 0 Å². The molecule has 0 atom stereocenters. The molecule has 1 aromatic rings. The summed E-state index contributed by atoms with van der Waals surface area (Å²) in [6.45, 7) is 0. The van der Waals surface area contributed by atoms with Crippen LogP contribution < -0.4 is 0 Å². The third-order valence-corrected chi connectivity index (χ3v) is 3.65. The highest BCUT2D eigenvalue weighted by molar-refractivity contribution is 9.13. The van der Waals surface area contributed by atoms with Crippen molar-refractivity contribution in [1.82, 2.24) is 0 Å². The van der Waals surface area contributed by atoms with Crippen molar-refractivity contribution in [3.05, 3.63) is 32.2 Å². The van der Waals surface area contributed by atoms with E-state index in [1.807, 2.05) is 0 Å². The molecule has 0 saturated heterocycles. The maximum absolute atomic E-state index is 13.0. The molecule has 0 amide bonds. The van der Waals surface area contributed by atoms with Crippen molar-refractivity contribution in [2.24, 2.45) is 0 Å². The van der Waals surface area contributed by atoms with Crippen molar-refractivity contribution >= 4 is 31.9 Å². The minimum atomic E-state index is -0.714. The lowest BCUT2D eigenvalue weighted by Gasteiger charge is -2.04. The van der Waals surface area contributed by atoms with Crippen LogP contribution >= 0.6 is 31.9 Å². The van der Waals surface area contributed by atoms with Gasteiger partial charge in [-0.15, -0.1) is 0 Å². The molecule has 0 heterocycles. The van der Waals surface area contributed by atoms with Gasteiger partial charge in [0, 0.05) is 16.1 Å². The number of hydrogen-bond donors (Lipinski definition) is 0. The fourth-order valence-corrected chi connectivity index (χ4v) is 1.72. The molecule has 1 rings (SSSR count). The van der Waals surface area contributed by atoms with Gasteiger partial charge in [-0.25, -0.2) is 8.78 Å². The van der Waals surface area contributed by atoms with Crippen LogP contribution in [0.2, 0.25) is 0 Å². The van der Waals surface area contributed by atoms with E-state index in [1.165, 1.54) is 0 Å². The second kappa shape index (κ2) is 4.16. The van der Waals surface area contributed by atoms with Crippen molar-refractivity contribution in [1.29, 1.82) is 5.26 Å². The summed E-state index contributed by atoms with van der Waals surface area (Å²) in [5.74, 6) is -1.40. The van der Waals surface area contributed by atoms with Crippen molar-refractivity contribution < 1.29 is 8.78 Å². The molecule has 0 fully saturated rings. The average molecular weight is 311 g/mol. The van der Waals surface area contributed by atoms with Gasteiger partial charge in [-0.1, -0.05) is 0 Å². The van der Waals surface area contributed by atoms with E-state index in [0.717, 1.165) is 6.07 Å². The topological polar surface area (TPSA) is 23.8 Å². The van der Waals surface area contributed by atoms with Crippen LogP contribution in [0.25, 0.3) is 0 Å². The number of rotatable bonds is 1. The average Bonchev–Trinajstić information content (AvgIpc) is 2.09. The third kappa shape index (κ3) is 2.06. The van der Waals surface area contributed by atoms with E-state index in [9.17, 15) is 8.78 Å². The highest BCUT2D eigenvalue weighted by Crippen LogP contribution is 2.31. The Balaban J connectivity index is 3.36. The fraction of sp³-hybridized carbons (Fsp3) is 0.125. The van der Waals surface area contributed by atoms with Crippen molar-refractivity contribution in [2.75, 3.05) is 0 Å². The predicted molar refractivity (Wildman–Crippen MR) is 51.1 cm³/mol. The molecule has 1 nitrogen and oxygen atoms in total. The van der Waals surface area contributed by atoms with Crippen LogP contribution in [0.4, 0.5) is 8.78 Å². The molecule has 0 unspecified atom stereocenters. The second-order valence-corrected chi connectivity index (χ2v) is 3.87. The zero-order valence-corrected chi connectivity index (χ0v) is 9.42. The lowest BCUT2D eigenvalue weighted by Crippen LogP contribution is -1.94. The van der Waals surface area contributed by atoms with Crippen LogP contribution in [-0.4, -0.2) is 0 Å². The molecule has 1 aromatic carbocycles. The first-order chi connectivity index (χ1) is 6.07. The first-order valence-electron chi connectivity index (χ1n) is 3.26. The third-order valence-electron chi connectivity index (χ3n) is 1.46. The molecule has 68 valence electrons. The number of benzene rings is 1. The molecule has 0 aliphatic heterocycles. The summed E-state index contributed by atoms with van der Waals surface area (Å²) in [6, 6.07) is 2.55. The number of nitriles is 1. The van der Waals surface area contributed by atoms with E-state index in [2.05, 4.69) is 31.9 Å². The van der Waals surface area contributed by atoms with Crippen molar-refractivity contribution in [2.45, 2.75) is 6.42 Å². The predicted octanol–water partition coefficient (Wildman–Crippen LogP) is 3.56. The summed E-state index contributed by atoms with van der Waals surface area (Å²) < 4.78 is 26.3. The quantitative estimate of drug-likeness (QED) is 0.575. The Morgan fingerprint density at radius 2 is 1.85 bits per heavy atom. The Kier molecular flexibility index (Phi) is 3.40. The largest absolute Gasteiger partial charge is 0.207 e. The first-order valence-corrected chi connectivity index (χ1v) is 4.85. The van der Waals surface area contributed by atoms with Crippen molar-refractivity contribution in [3.8, 4) is 6.07 Å². The lowest BCUT2D eigenvalue weighted by molar-refractivity contribution is 0.569. The summed E-state index contributed by atoms with van der Waals surface area (Å²) in [4.78, 5) is 0. The minimum Gasteiger partial charge on any atom is -0.207 e. The van der Waals surface area contributed by atoms with Gasteiger partial charge in [-0.3, -0.25) is 0 Å². The van der Waals surface area contributed by atoms with E-state index in [0.29, 0.717) is 0 Å². The fourth-order valence-electron chi connectivity index (χ4n) is 0.845. The van der Waals surface area contributed by atoms with Crippen molar-refractivity contribution in [3.63, 3.8) is 0 Å². The standard InChI is InChI=1S/C8H3Br2F2N/c9-7-4(1-2-13)5(11)3-6(12)8(7)10/h3H,1H2. The molecule has 5 heteroatoms. The maximum Gasteiger partial charge on any atom is 0.141 e. The van der Waals surface area contributed by atoms with Gasteiger partial charge >= 0.3 is 0 Å². The Morgan fingerprint density at radius 1 is 1.23 bits per heavy atom. The number of hydrogen-bond acceptors (Lipinski definition) is 1. The molecule has 0 spiro atoms. The normalized spacial score (nSPS) is 9.77. The van der Waals surface area contributed by atoms with Crippen LogP contribution in [0.15, 0.2) is 15.0 Å². The van der Waals surface area contributed by atoms with E-state index in [4.69, 9.17) is 5.26 Å². The molecule has 13 heavy (non-hydrogen) atoms. The molecule has 0 bridgehead atoms.